The fraction of sp³-hybridized carbons (Fsp3) is 0.615. The minimum atomic E-state index is -0.144. The van der Waals surface area contributed by atoms with Crippen LogP contribution >= 0.6 is 0 Å². The zero-order valence-electron chi connectivity index (χ0n) is 10.1. The number of piperidine rings is 1. The lowest BCUT2D eigenvalue weighted by molar-refractivity contribution is 0.126. The van der Waals surface area contributed by atoms with E-state index in [1.165, 1.54) is 0 Å². The van der Waals surface area contributed by atoms with Crippen LogP contribution in [0.25, 0.3) is 0 Å². The SMILES string of the molecule is Cc1ccnc(N2C3CCC2CC(O)C3)c1N. The maximum absolute atomic E-state index is 9.80. The third-order valence-electron chi connectivity index (χ3n) is 4.14. The number of hydrogen-bond acceptors (Lipinski definition) is 4. The van der Waals surface area contributed by atoms with Crippen LogP contribution in [0.5, 0.6) is 0 Å². The molecule has 0 aliphatic carbocycles. The van der Waals surface area contributed by atoms with Crippen molar-refractivity contribution in [3.05, 3.63) is 17.8 Å². The molecule has 0 amide bonds. The number of aliphatic hydroxyl groups excluding tert-OH is 1. The first-order valence-corrected chi connectivity index (χ1v) is 6.34. The van der Waals surface area contributed by atoms with Gasteiger partial charge in [0.25, 0.3) is 0 Å². The van der Waals surface area contributed by atoms with E-state index in [2.05, 4.69) is 9.88 Å². The Bertz CT molecular complexity index is 421. The summed E-state index contributed by atoms with van der Waals surface area (Å²) in [5.74, 6) is 0.921. The predicted octanol–water partition coefficient (Wildman–Crippen LogP) is 1.46. The van der Waals surface area contributed by atoms with Gasteiger partial charge in [-0.25, -0.2) is 4.98 Å². The van der Waals surface area contributed by atoms with Gasteiger partial charge in [0.15, 0.2) is 5.82 Å². The summed E-state index contributed by atoms with van der Waals surface area (Å²) in [6.45, 7) is 2.02. The molecule has 92 valence electrons. The van der Waals surface area contributed by atoms with E-state index in [0.29, 0.717) is 12.1 Å². The summed E-state index contributed by atoms with van der Waals surface area (Å²) >= 11 is 0. The van der Waals surface area contributed by atoms with Crippen molar-refractivity contribution in [2.75, 3.05) is 10.6 Å². The molecule has 2 saturated heterocycles. The van der Waals surface area contributed by atoms with Crippen LogP contribution in [0.15, 0.2) is 12.3 Å². The van der Waals surface area contributed by atoms with Crippen molar-refractivity contribution in [1.82, 2.24) is 4.98 Å². The fourth-order valence-electron chi connectivity index (χ4n) is 3.26. The third-order valence-corrected chi connectivity index (χ3v) is 4.14. The lowest BCUT2D eigenvalue weighted by Gasteiger charge is -2.38. The van der Waals surface area contributed by atoms with E-state index in [1.807, 2.05) is 19.2 Å². The molecule has 2 bridgehead atoms. The minimum Gasteiger partial charge on any atom is -0.396 e. The van der Waals surface area contributed by atoms with Crippen molar-refractivity contribution in [2.45, 2.75) is 50.8 Å². The normalized spacial score (nSPS) is 31.9. The smallest absolute Gasteiger partial charge is 0.152 e. The van der Waals surface area contributed by atoms with Crippen molar-refractivity contribution >= 4 is 11.5 Å². The Balaban J connectivity index is 1.97. The van der Waals surface area contributed by atoms with Crippen LogP contribution in [0.1, 0.15) is 31.2 Å². The summed E-state index contributed by atoms with van der Waals surface area (Å²) in [6, 6.07) is 2.78. The molecule has 2 fully saturated rings. The number of rotatable bonds is 1. The Morgan fingerprint density at radius 2 is 2.00 bits per heavy atom. The van der Waals surface area contributed by atoms with Gasteiger partial charge >= 0.3 is 0 Å². The number of aromatic nitrogens is 1. The van der Waals surface area contributed by atoms with Crippen molar-refractivity contribution in [2.24, 2.45) is 0 Å². The van der Waals surface area contributed by atoms with E-state index in [9.17, 15) is 5.11 Å². The van der Waals surface area contributed by atoms with Crippen molar-refractivity contribution in [3.8, 4) is 0 Å². The number of pyridine rings is 1. The van der Waals surface area contributed by atoms with E-state index >= 15 is 0 Å². The van der Waals surface area contributed by atoms with Gasteiger partial charge in [0.2, 0.25) is 0 Å². The lowest BCUT2D eigenvalue weighted by atomic mass is 9.99. The highest BCUT2D eigenvalue weighted by atomic mass is 16.3. The van der Waals surface area contributed by atoms with Crippen LogP contribution < -0.4 is 10.6 Å². The average molecular weight is 233 g/mol. The maximum atomic E-state index is 9.80. The number of nitrogens with two attached hydrogens (primary N) is 1. The van der Waals surface area contributed by atoms with Gasteiger partial charge in [-0.2, -0.15) is 0 Å². The van der Waals surface area contributed by atoms with Gasteiger partial charge < -0.3 is 15.7 Å². The Morgan fingerprint density at radius 3 is 2.65 bits per heavy atom. The van der Waals surface area contributed by atoms with E-state index in [1.54, 1.807) is 0 Å². The van der Waals surface area contributed by atoms with Crippen LogP contribution in [0.3, 0.4) is 0 Å². The van der Waals surface area contributed by atoms with Crippen molar-refractivity contribution in [1.29, 1.82) is 0 Å². The molecule has 1 aromatic rings. The molecular weight excluding hydrogens is 214 g/mol. The number of nitrogens with zero attached hydrogens (tertiary/aromatic N) is 2. The summed E-state index contributed by atoms with van der Waals surface area (Å²) in [6.07, 6.45) is 5.69. The standard InChI is InChI=1S/C13H19N3O/c1-8-4-5-15-13(12(8)14)16-9-2-3-10(16)7-11(17)6-9/h4-5,9-11,17H,2-3,6-7,14H2,1H3. The molecule has 0 radical (unpaired) electrons. The molecule has 0 spiro atoms. The Kier molecular flexibility index (Phi) is 2.47. The first kappa shape index (κ1) is 10.8. The predicted molar refractivity (Wildman–Crippen MR) is 67.9 cm³/mol. The third kappa shape index (κ3) is 1.67. The maximum Gasteiger partial charge on any atom is 0.152 e. The number of nitrogen functional groups attached to an aromatic ring is 1. The largest absolute Gasteiger partial charge is 0.396 e. The van der Waals surface area contributed by atoms with Crippen molar-refractivity contribution in [3.63, 3.8) is 0 Å². The minimum absolute atomic E-state index is 0.144. The molecule has 2 aliphatic heterocycles. The van der Waals surface area contributed by atoms with Crippen molar-refractivity contribution < 1.29 is 5.11 Å². The van der Waals surface area contributed by atoms with E-state index < -0.39 is 0 Å². The topological polar surface area (TPSA) is 62.4 Å². The van der Waals surface area contributed by atoms with Gasteiger partial charge in [-0.1, -0.05) is 0 Å². The molecule has 0 aromatic carbocycles. The van der Waals surface area contributed by atoms with E-state index in [-0.39, 0.29) is 6.10 Å². The second-order valence-electron chi connectivity index (χ2n) is 5.28. The van der Waals surface area contributed by atoms with Crippen LogP contribution in [0.4, 0.5) is 11.5 Å². The first-order chi connectivity index (χ1) is 8.16. The Morgan fingerprint density at radius 1 is 1.35 bits per heavy atom. The van der Waals surface area contributed by atoms with Gasteiger partial charge in [-0.3, -0.25) is 0 Å². The number of aliphatic hydroxyl groups is 1. The second kappa shape index (κ2) is 3.88. The van der Waals surface area contributed by atoms with Crippen LogP contribution in [-0.4, -0.2) is 28.3 Å². The molecule has 3 rings (SSSR count). The highest BCUT2D eigenvalue weighted by Crippen LogP contribution is 2.40. The van der Waals surface area contributed by atoms with Crippen LogP contribution in [-0.2, 0) is 0 Å². The van der Waals surface area contributed by atoms with Crippen LogP contribution in [0, 0.1) is 6.92 Å². The van der Waals surface area contributed by atoms with E-state index in [0.717, 1.165) is 42.8 Å². The van der Waals surface area contributed by atoms with Gasteiger partial charge in [0.1, 0.15) is 0 Å². The molecule has 3 N–H and O–H groups in total. The molecule has 4 nitrogen and oxygen atoms in total. The highest BCUT2D eigenvalue weighted by Gasteiger charge is 2.41. The summed E-state index contributed by atoms with van der Waals surface area (Å²) in [5, 5.41) is 9.80. The van der Waals surface area contributed by atoms with Gasteiger partial charge in [-0.05, 0) is 44.2 Å². The molecule has 17 heavy (non-hydrogen) atoms. The number of aryl methyl sites for hydroxylation is 1. The summed E-state index contributed by atoms with van der Waals surface area (Å²) in [4.78, 5) is 6.79. The summed E-state index contributed by atoms with van der Waals surface area (Å²) in [5.41, 5.74) is 8.01. The zero-order chi connectivity index (χ0) is 12.0. The number of anilines is 2. The lowest BCUT2D eigenvalue weighted by Crippen LogP contribution is -2.45. The summed E-state index contributed by atoms with van der Waals surface area (Å²) in [7, 11) is 0. The van der Waals surface area contributed by atoms with Gasteiger partial charge in [-0.15, -0.1) is 0 Å². The molecule has 2 atom stereocenters. The average Bonchev–Trinajstić information content (AvgIpc) is 2.55. The fourth-order valence-corrected chi connectivity index (χ4v) is 3.26. The number of hydrogen-bond donors (Lipinski definition) is 2. The Labute approximate surface area is 101 Å². The quantitative estimate of drug-likeness (QED) is 0.771. The second-order valence-corrected chi connectivity index (χ2v) is 5.28. The zero-order valence-corrected chi connectivity index (χ0v) is 10.1. The first-order valence-electron chi connectivity index (χ1n) is 6.34. The molecule has 3 heterocycles. The molecular formula is C13H19N3O. The van der Waals surface area contributed by atoms with Gasteiger partial charge in [0, 0.05) is 18.3 Å². The molecule has 2 unspecified atom stereocenters. The molecule has 4 heteroatoms. The summed E-state index contributed by atoms with van der Waals surface area (Å²) < 4.78 is 0. The highest BCUT2D eigenvalue weighted by molar-refractivity contribution is 5.67. The molecule has 2 aliphatic rings. The molecule has 1 aromatic heterocycles. The van der Waals surface area contributed by atoms with Crippen LogP contribution in [0.2, 0.25) is 0 Å². The molecule has 0 saturated carbocycles. The van der Waals surface area contributed by atoms with Gasteiger partial charge in [0.05, 0.1) is 11.8 Å². The number of fused-ring (bicyclic) bond motifs is 2. The van der Waals surface area contributed by atoms with E-state index in [4.69, 9.17) is 5.73 Å². The Hall–Kier alpha value is -1.29. The monoisotopic (exact) mass is 233 g/mol.